The van der Waals surface area contributed by atoms with Crippen LogP contribution >= 0.6 is 11.6 Å². The third kappa shape index (κ3) is 2.67. The highest BCUT2D eigenvalue weighted by Crippen LogP contribution is 2.13. The van der Waals surface area contributed by atoms with Gasteiger partial charge in [-0.3, -0.25) is 4.79 Å². The second-order valence-electron chi connectivity index (χ2n) is 3.64. The number of hydrogen-bond acceptors (Lipinski definition) is 5. The molecule has 0 atom stereocenters. The molecule has 0 aromatic carbocycles. The molecule has 1 fully saturated rings. The highest BCUT2D eigenvalue weighted by Gasteiger charge is 2.19. The largest absolute Gasteiger partial charge is 0.383 e. The maximum atomic E-state index is 12.1. The summed E-state index contributed by atoms with van der Waals surface area (Å²) in [6, 6.07) is 4.97. The molecule has 0 bridgehead atoms. The number of aromatic nitrogens is 1. The van der Waals surface area contributed by atoms with Crippen LogP contribution in [0.25, 0.3) is 0 Å². The van der Waals surface area contributed by atoms with E-state index in [1.165, 1.54) is 12.3 Å². The van der Waals surface area contributed by atoms with Crippen molar-refractivity contribution in [1.29, 1.82) is 5.26 Å². The van der Waals surface area contributed by atoms with Crippen molar-refractivity contribution in [2.75, 3.05) is 19.8 Å². The smallest absolute Gasteiger partial charge is 0.206 e. The molecule has 2 heterocycles. The van der Waals surface area contributed by atoms with Crippen molar-refractivity contribution in [2.24, 2.45) is 0 Å². The van der Waals surface area contributed by atoms with Gasteiger partial charge in [0, 0.05) is 18.3 Å². The molecule has 18 heavy (non-hydrogen) atoms. The fourth-order valence-electron chi connectivity index (χ4n) is 1.57. The number of ketones is 1. The zero-order valence-corrected chi connectivity index (χ0v) is 10.2. The summed E-state index contributed by atoms with van der Waals surface area (Å²) >= 11 is 5.65. The Balaban J connectivity index is 2.31. The summed E-state index contributed by atoms with van der Waals surface area (Å²) in [6.45, 7) is 1.40. The van der Waals surface area contributed by atoms with Gasteiger partial charge in [-0.1, -0.05) is 11.6 Å². The Kier molecular flexibility index (Phi) is 3.92. The Morgan fingerprint density at radius 1 is 1.56 bits per heavy atom. The lowest BCUT2D eigenvalue weighted by molar-refractivity contribution is 0.102. The average Bonchev–Trinajstić information content (AvgIpc) is 2.41. The molecule has 5 nitrogen and oxygen atoms in total. The Bertz CT molecular complexity index is 523. The molecule has 1 aliphatic rings. The molecule has 0 amide bonds. The first-order valence-electron chi connectivity index (χ1n) is 5.33. The van der Waals surface area contributed by atoms with Crippen molar-refractivity contribution < 1.29 is 9.53 Å². The lowest BCUT2D eigenvalue weighted by Gasteiger charge is -2.18. The van der Waals surface area contributed by atoms with Gasteiger partial charge >= 0.3 is 0 Å². The number of allylic oxidation sites excluding steroid dienone is 1. The van der Waals surface area contributed by atoms with Crippen LogP contribution in [-0.4, -0.2) is 30.5 Å². The molecule has 0 unspecified atom stereocenters. The van der Waals surface area contributed by atoms with E-state index in [1.54, 1.807) is 6.07 Å². The summed E-state index contributed by atoms with van der Waals surface area (Å²) in [7, 11) is 0. The Morgan fingerprint density at radius 2 is 2.39 bits per heavy atom. The number of halogens is 1. The summed E-state index contributed by atoms with van der Waals surface area (Å²) in [5, 5.41) is 12.4. The molecule has 2 rings (SSSR count). The molecule has 0 aliphatic carbocycles. The molecule has 1 aromatic rings. The lowest BCUT2D eigenvalue weighted by atomic mass is 10.0. The lowest BCUT2D eigenvalue weighted by Crippen LogP contribution is -2.31. The van der Waals surface area contributed by atoms with Gasteiger partial charge in [-0.25, -0.2) is 4.98 Å². The van der Waals surface area contributed by atoms with E-state index in [2.05, 4.69) is 10.3 Å². The maximum Gasteiger partial charge on any atom is 0.206 e. The van der Waals surface area contributed by atoms with Crippen LogP contribution in [0.4, 0.5) is 0 Å². The summed E-state index contributed by atoms with van der Waals surface area (Å²) in [5.41, 5.74) is 0.901. The molecule has 1 N–H and O–H groups in total. The first-order valence-corrected chi connectivity index (χ1v) is 5.71. The molecule has 1 aromatic heterocycles. The molecule has 0 spiro atoms. The van der Waals surface area contributed by atoms with Gasteiger partial charge in [0.1, 0.15) is 16.8 Å². The minimum Gasteiger partial charge on any atom is -0.383 e. The van der Waals surface area contributed by atoms with E-state index in [-0.39, 0.29) is 18.0 Å². The van der Waals surface area contributed by atoms with Gasteiger partial charge in [0.15, 0.2) is 0 Å². The number of nitriles is 1. The number of rotatable bonds is 2. The Labute approximate surface area is 109 Å². The van der Waals surface area contributed by atoms with Gasteiger partial charge in [-0.2, -0.15) is 5.26 Å². The Hall–Kier alpha value is -1.90. The van der Waals surface area contributed by atoms with E-state index in [4.69, 9.17) is 21.6 Å². The number of nitrogens with one attached hydrogen (secondary N) is 1. The first-order chi connectivity index (χ1) is 8.72. The number of morpholine rings is 1. The zero-order valence-electron chi connectivity index (χ0n) is 9.44. The molecule has 92 valence electrons. The van der Waals surface area contributed by atoms with Gasteiger partial charge in [0.05, 0.1) is 18.9 Å². The van der Waals surface area contributed by atoms with Crippen molar-refractivity contribution in [2.45, 2.75) is 0 Å². The van der Waals surface area contributed by atoms with E-state index in [9.17, 15) is 4.79 Å². The highest BCUT2D eigenvalue weighted by molar-refractivity contribution is 6.29. The van der Waals surface area contributed by atoms with Gasteiger partial charge in [-0.05, 0) is 12.1 Å². The molecule has 1 aliphatic heterocycles. The topological polar surface area (TPSA) is 75.0 Å². The van der Waals surface area contributed by atoms with Crippen LogP contribution in [0.15, 0.2) is 29.6 Å². The predicted molar refractivity (Wildman–Crippen MR) is 65.0 cm³/mol. The van der Waals surface area contributed by atoms with E-state index in [1.807, 2.05) is 6.07 Å². The molecule has 6 heteroatoms. The number of pyridine rings is 1. The average molecular weight is 264 g/mol. The van der Waals surface area contributed by atoms with E-state index in [0.717, 1.165) is 0 Å². The van der Waals surface area contributed by atoms with Crippen LogP contribution in [0.2, 0.25) is 5.15 Å². The van der Waals surface area contributed by atoms with Crippen LogP contribution in [0.1, 0.15) is 10.4 Å². The minimum atomic E-state index is -0.380. The minimum absolute atomic E-state index is 0.0545. The van der Waals surface area contributed by atoms with Crippen LogP contribution in [-0.2, 0) is 4.74 Å². The number of carbonyl (C=O) groups is 1. The number of Topliss-reactive ketones (excluding diaryl/α,β-unsaturated/α-hetero) is 1. The SMILES string of the molecule is N#C/C(C(=O)c1ccc(Cl)nc1)=C1/COCCN1. The predicted octanol–water partition coefficient (Wildman–Crippen LogP) is 1.32. The molecular weight excluding hydrogens is 254 g/mol. The third-order valence-corrected chi connectivity index (χ3v) is 2.68. The van der Waals surface area contributed by atoms with Crippen LogP contribution in [0, 0.1) is 11.3 Å². The second kappa shape index (κ2) is 5.63. The van der Waals surface area contributed by atoms with Gasteiger partial charge < -0.3 is 10.1 Å². The van der Waals surface area contributed by atoms with Crippen molar-refractivity contribution >= 4 is 17.4 Å². The summed E-state index contributed by atoms with van der Waals surface area (Å²) < 4.78 is 5.21. The van der Waals surface area contributed by atoms with Gasteiger partial charge in [0.25, 0.3) is 0 Å². The highest BCUT2D eigenvalue weighted by atomic mass is 35.5. The Morgan fingerprint density at radius 3 is 2.94 bits per heavy atom. The standard InChI is InChI=1S/C12H10ClN3O2/c13-11-2-1-8(6-16-11)12(17)9(5-14)10-7-18-4-3-15-10/h1-2,6,15H,3-4,7H2/b10-9+. The second-order valence-corrected chi connectivity index (χ2v) is 4.03. The van der Waals surface area contributed by atoms with Crippen LogP contribution in [0.3, 0.4) is 0 Å². The van der Waals surface area contributed by atoms with Crippen molar-refractivity contribution in [1.82, 2.24) is 10.3 Å². The van der Waals surface area contributed by atoms with Gasteiger partial charge in [0.2, 0.25) is 5.78 Å². The van der Waals surface area contributed by atoms with E-state index < -0.39 is 0 Å². The molecule has 0 saturated carbocycles. The molecule has 1 saturated heterocycles. The summed E-state index contributed by atoms with van der Waals surface area (Å²) in [5.74, 6) is -0.380. The van der Waals surface area contributed by atoms with Crippen LogP contribution in [0.5, 0.6) is 0 Å². The normalized spacial score (nSPS) is 17.6. The van der Waals surface area contributed by atoms with E-state index >= 15 is 0 Å². The third-order valence-electron chi connectivity index (χ3n) is 2.46. The number of nitrogens with zero attached hydrogens (tertiary/aromatic N) is 2. The van der Waals surface area contributed by atoms with Crippen LogP contribution < -0.4 is 5.32 Å². The molecular formula is C12H10ClN3O2. The monoisotopic (exact) mass is 263 g/mol. The fraction of sp³-hybridized carbons (Fsp3) is 0.250. The quantitative estimate of drug-likeness (QED) is 0.377. The fourth-order valence-corrected chi connectivity index (χ4v) is 1.68. The van der Waals surface area contributed by atoms with Gasteiger partial charge in [-0.15, -0.1) is 0 Å². The number of carbonyl (C=O) groups excluding carboxylic acids is 1. The zero-order chi connectivity index (χ0) is 13.0. The maximum absolute atomic E-state index is 12.1. The first kappa shape index (κ1) is 12.6. The summed E-state index contributed by atoms with van der Waals surface area (Å²) in [4.78, 5) is 16.0. The van der Waals surface area contributed by atoms with E-state index in [0.29, 0.717) is 29.6 Å². The molecule has 0 radical (unpaired) electrons. The van der Waals surface area contributed by atoms with Crippen molar-refractivity contribution in [3.63, 3.8) is 0 Å². The van der Waals surface area contributed by atoms with Crippen molar-refractivity contribution in [3.05, 3.63) is 40.3 Å². The number of ether oxygens (including phenoxy) is 1. The number of hydrogen-bond donors (Lipinski definition) is 1. The summed E-state index contributed by atoms with van der Waals surface area (Å²) in [6.07, 6.45) is 1.35. The van der Waals surface area contributed by atoms with Crippen molar-refractivity contribution in [3.8, 4) is 6.07 Å².